The summed E-state index contributed by atoms with van der Waals surface area (Å²) in [5.74, 6) is -0.935. The van der Waals surface area contributed by atoms with Crippen LogP contribution >= 0.6 is 0 Å². The van der Waals surface area contributed by atoms with Gasteiger partial charge in [-0.15, -0.1) is 0 Å². The van der Waals surface area contributed by atoms with Gasteiger partial charge >= 0.3 is 11.9 Å². The lowest BCUT2D eigenvalue weighted by atomic mass is 9.98. The average molecular weight is 835 g/mol. The van der Waals surface area contributed by atoms with Gasteiger partial charge in [0, 0.05) is 12.8 Å². The molecule has 0 saturated carbocycles. The fourth-order valence-corrected chi connectivity index (χ4v) is 6.97. The molecule has 58 heavy (non-hydrogen) atoms. The van der Waals surface area contributed by atoms with Crippen LogP contribution in [0.3, 0.4) is 0 Å². The van der Waals surface area contributed by atoms with Gasteiger partial charge in [-0.05, 0) is 38.5 Å². The summed E-state index contributed by atoms with van der Waals surface area (Å²) in [6.07, 6.45) is 9.80. The van der Waals surface area contributed by atoms with Crippen LogP contribution in [-0.2, 0) is 38.0 Å². The second-order valence-electron chi connectivity index (χ2n) is 15.9. The minimum atomic E-state index is -1.76. The first-order valence-electron chi connectivity index (χ1n) is 22.3. The Balaban J connectivity index is 1.88. The maximum Gasteiger partial charge on any atom is 0.306 e. The van der Waals surface area contributed by atoms with Crippen molar-refractivity contribution in [1.82, 2.24) is 0 Å². The molecule has 11 atom stereocenters. The summed E-state index contributed by atoms with van der Waals surface area (Å²) < 4.78 is 33.4. The van der Waals surface area contributed by atoms with E-state index in [0.717, 1.165) is 57.8 Å². The normalized spacial score (nSPS) is 28.2. The summed E-state index contributed by atoms with van der Waals surface area (Å²) in [5, 5.41) is 71.7. The first kappa shape index (κ1) is 52.4. The molecular weight excluding hydrogens is 756 g/mol. The molecule has 2 heterocycles. The summed E-state index contributed by atoms with van der Waals surface area (Å²) in [6, 6.07) is 0. The number of hydrogen-bond donors (Lipinski definition) is 7. The predicted octanol–water partition coefficient (Wildman–Crippen LogP) is 4.26. The van der Waals surface area contributed by atoms with Gasteiger partial charge in [-0.3, -0.25) is 9.59 Å². The molecule has 0 aromatic heterocycles. The monoisotopic (exact) mass is 835 g/mol. The predicted molar refractivity (Wildman–Crippen MR) is 215 cm³/mol. The molecule has 15 heteroatoms. The van der Waals surface area contributed by atoms with Crippen molar-refractivity contribution in [1.29, 1.82) is 0 Å². The van der Waals surface area contributed by atoms with Gasteiger partial charge in [0.25, 0.3) is 0 Å². The lowest BCUT2D eigenvalue weighted by Crippen LogP contribution is -2.61. The number of carbonyl (C=O) groups is 2. The van der Waals surface area contributed by atoms with Crippen molar-refractivity contribution in [2.75, 3.05) is 26.4 Å². The van der Waals surface area contributed by atoms with Crippen LogP contribution in [0.5, 0.6) is 0 Å². The molecule has 2 aliphatic rings. The third-order valence-electron chi connectivity index (χ3n) is 10.7. The first-order valence-corrected chi connectivity index (χ1v) is 22.3. The van der Waals surface area contributed by atoms with E-state index < -0.39 is 92.7 Å². The molecular formula is C43H78O15. The first-order chi connectivity index (χ1) is 28.0. The highest BCUT2D eigenvalue weighted by Crippen LogP contribution is 2.26. The van der Waals surface area contributed by atoms with E-state index in [1.165, 1.54) is 57.8 Å². The van der Waals surface area contributed by atoms with E-state index in [0.29, 0.717) is 12.8 Å². The molecule has 0 spiro atoms. The topological polar surface area (TPSA) is 231 Å². The molecule has 0 aromatic rings. The zero-order valence-electron chi connectivity index (χ0n) is 35.3. The van der Waals surface area contributed by atoms with Crippen molar-refractivity contribution in [3.8, 4) is 0 Å². The van der Waals surface area contributed by atoms with Crippen molar-refractivity contribution < 1.29 is 73.8 Å². The molecule has 2 fully saturated rings. The highest BCUT2D eigenvalue weighted by Gasteiger charge is 2.47. The van der Waals surface area contributed by atoms with E-state index >= 15 is 0 Å². The average Bonchev–Trinajstić information content (AvgIpc) is 3.21. The van der Waals surface area contributed by atoms with Crippen molar-refractivity contribution in [3.63, 3.8) is 0 Å². The minimum Gasteiger partial charge on any atom is -0.462 e. The van der Waals surface area contributed by atoms with Crippen molar-refractivity contribution >= 4 is 11.9 Å². The largest absolute Gasteiger partial charge is 0.462 e. The van der Waals surface area contributed by atoms with Crippen molar-refractivity contribution in [2.45, 2.75) is 223 Å². The standard InChI is InChI=1S/C43H78O15/c1-3-5-7-9-11-13-15-16-18-20-22-24-26-35(46)56-31(28-53-34(45)25-23-21-19-17-14-12-10-8-6-4-2)29-54-42-41(52)39(50)37(48)33(58-42)30-55-43-40(51)38(49)36(47)32(27-44)57-43/h11,13,31-33,36-44,47-52H,3-10,12,14-30H2,1-2H3/b13-11-. The van der Waals surface area contributed by atoms with E-state index in [9.17, 15) is 45.3 Å². The Hall–Kier alpha value is -1.76. The van der Waals surface area contributed by atoms with Gasteiger partial charge in [0.15, 0.2) is 18.7 Å². The highest BCUT2D eigenvalue weighted by atomic mass is 16.7. The molecule has 0 aliphatic carbocycles. The minimum absolute atomic E-state index is 0.158. The van der Waals surface area contributed by atoms with E-state index in [1.54, 1.807) is 0 Å². The van der Waals surface area contributed by atoms with Gasteiger partial charge in [-0.25, -0.2) is 0 Å². The van der Waals surface area contributed by atoms with Gasteiger partial charge in [0.05, 0.1) is 19.8 Å². The quantitative estimate of drug-likeness (QED) is 0.0278. The lowest BCUT2D eigenvalue weighted by molar-refractivity contribution is -0.332. The molecule has 11 unspecified atom stereocenters. The van der Waals surface area contributed by atoms with Crippen LogP contribution in [0, 0.1) is 0 Å². The van der Waals surface area contributed by atoms with Crippen LogP contribution in [0.1, 0.15) is 155 Å². The summed E-state index contributed by atoms with van der Waals surface area (Å²) in [4.78, 5) is 25.5. The molecule has 0 bridgehead atoms. The molecule has 2 aliphatic heterocycles. The Kier molecular flexibility index (Phi) is 28.9. The SMILES string of the molecule is CCCCC/C=C\CCCCCCCC(=O)OC(COC(=O)CCCCCCCCCCCC)COC1OC(COC2OC(CO)C(O)C(O)C2O)C(O)C(O)C1O. The molecule has 0 radical (unpaired) electrons. The van der Waals surface area contributed by atoms with Crippen molar-refractivity contribution in [2.24, 2.45) is 0 Å². The second kappa shape index (κ2) is 32.0. The molecule has 7 N–H and O–H groups in total. The van der Waals surface area contributed by atoms with Crippen LogP contribution in [0.25, 0.3) is 0 Å². The molecule has 15 nitrogen and oxygen atoms in total. The number of hydrogen-bond acceptors (Lipinski definition) is 15. The molecule has 0 amide bonds. The Labute approximate surface area is 346 Å². The summed E-state index contributed by atoms with van der Waals surface area (Å²) in [6.45, 7) is 2.52. The fraction of sp³-hybridized carbons (Fsp3) is 0.907. The molecule has 2 rings (SSSR count). The highest BCUT2D eigenvalue weighted by molar-refractivity contribution is 5.70. The number of carbonyl (C=O) groups excluding carboxylic acids is 2. The molecule has 0 aromatic carbocycles. The number of esters is 2. The molecule has 2 saturated heterocycles. The third kappa shape index (κ3) is 21.2. The van der Waals surface area contributed by atoms with E-state index in [1.807, 2.05) is 0 Å². The molecule has 340 valence electrons. The maximum atomic E-state index is 12.9. The Morgan fingerprint density at radius 3 is 1.55 bits per heavy atom. The van der Waals surface area contributed by atoms with E-state index in [2.05, 4.69) is 26.0 Å². The van der Waals surface area contributed by atoms with Gasteiger partial charge in [-0.2, -0.15) is 0 Å². The van der Waals surface area contributed by atoms with Crippen LogP contribution in [0.2, 0.25) is 0 Å². The zero-order chi connectivity index (χ0) is 42.5. The Morgan fingerprint density at radius 2 is 0.983 bits per heavy atom. The zero-order valence-corrected chi connectivity index (χ0v) is 35.3. The van der Waals surface area contributed by atoms with E-state index in [-0.39, 0.29) is 26.1 Å². The van der Waals surface area contributed by atoms with Crippen LogP contribution < -0.4 is 0 Å². The Bertz CT molecular complexity index is 1080. The number of ether oxygens (including phenoxy) is 6. The summed E-state index contributed by atoms with van der Waals surface area (Å²) in [7, 11) is 0. The summed E-state index contributed by atoms with van der Waals surface area (Å²) in [5.41, 5.74) is 0. The summed E-state index contributed by atoms with van der Waals surface area (Å²) >= 11 is 0. The third-order valence-corrected chi connectivity index (χ3v) is 10.7. The van der Waals surface area contributed by atoms with Gasteiger partial charge in [0.2, 0.25) is 0 Å². The number of aliphatic hydroxyl groups excluding tert-OH is 7. The van der Waals surface area contributed by atoms with Gasteiger partial charge < -0.3 is 64.2 Å². The maximum absolute atomic E-state index is 12.9. The Morgan fingerprint density at radius 1 is 0.534 bits per heavy atom. The van der Waals surface area contributed by atoms with Crippen LogP contribution in [0.4, 0.5) is 0 Å². The smallest absolute Gasteiger partial charge is 0.306 e. The van der Waals surface area contributed by atoms with E-state index in [4.69, 9.17) is 28.4 Å². The number of rotatable bonds is 33. The van der Waals surface area contributed by atoms with Crippen LogP contribution in [0.15, 0.2) is 12.2 Å². The number of allylic oxidation sites excluding steroid dienone is 2. The van der Waals surface area contributed by atoms with Gasteiger partial charge in [-0.1, -0.05) is 116 Å². The number of aliphatic hydroxyl groups is 7. The van der Waals surface area contributed by atoms with Crippen molar-refractivity contribution in [3.05, 3.63) is 12.2 Å². The van der Waals surface area contributed by atoms with Gasteiger partial charge in [0.1, 0.15) is 55.4 Å². The van der Waals surface area contributed by atoms with Crippen LogP contribution in [-0.4, -0.2) is 142 Å². The lowest BCUT2D eigenvalue weighted by Gasteiger charge is -2.42. The number of unbranched alkanes of at least 4 members (excludes halogenated alkanes) is 17. The second-order valence-corrected chi connectivity index (χ2v) is 15.9. The fourth-order valence-electron chi connectivity index (χ4n) is 6.97.